The van der Waals surface area contributed by atoms with Gasteiger partial charge in [-0.15, -0.1) is 0 Å². The van der Waals surface area contributed by atoms with Crippen LogP contribution in [-0.2, 0) is 9.53 Å². The third kappa shape index (κ3) is 14.5. The number of hydrogen-bond donors (Lipinski definition) is 3. The maximum Gasteiger partial charge on any atom is 0.339 e. The molecule has 0 aliphatic carbocycles. The van der Waals surface area contributed by atoms with E-state index in [-0.39, 0.29) is 11.0 Å². The normalized spacial score (nSPS) is 12.0. The number of esters is 1. The molecule has 36 heavy (non-hydrogen) atoms. The van der Waals surface area contributed by atoms with Gasteiger partial charge in [0.05, 0.1) is 18.4 Å². The average Bonchev–Trinajstić information content (AvgIpc) is 2.83. The Hall–Kier alpha value is -1.28. The van der Waals surface area contributed by atoms with Crippen LogP contribution in [0.15, 0.2) is 24.3 Å². The van der Waals surface area contributed by atoms with Crippen LogP contribution in [0.5, 0.6) is 0 Å². The quantitative estimate of drug-likeness (QED) is 0.0577. The molecular weight excluding hydrogens is 541 g/mol. The fourth-order valence-electron chi connectivity index (χ4n) is 3.73. The van der Waals surface area contributed by atoms with E-state index in [9.17, 15) is 9.59 Å². The number of nitrogens with one attached hydrogen (secondary N) is 3. The molecule has 6 nitrogen and oxygen atoms in total. The standard InChI is InChI=1S/C26H40Cl3N3O3S/c1-3-4-5-6-7-8-9-10-11-12-13-14-19-22(33)31-24(26(27,28)29)32-25(36)30-21-18-16-15-17-20(21)23(34)35-2/h15-18,24H,3-14,19H2,1-2H3,(H,31,33)(H2,30,32,36)/t24-/m1/s1. The molecule has 1 amide bonds. The lowest BCUT2D eigenvalue weighted by molar-refractivity contribution is -0.122. The van der Waals surface area contributed by atoms with Crippen molar-refractivity contribution in [2.45, 2.75) is 100 Å². The Morgan fingerprint density at radius 1 is 0.889 bits per heavy atom. The maximum atomic E-state index is 12.5. The SMILES string of the molecule is CCCCCCCCCCCCCCC(=O)N[C@H](NC(=S)Nc1ccccc1C(=O)OC)C(Cl)(Cl)Cl. The van der Waals surface area contributed by atoms with Gasteiger partial charge in [-0.2, -0.15) is 0 Å². The number of benzene rings is 1. The molecule has 3 N–H and O–H groups in total. The molecule has 204 valence electrons. The first-order valence-corrected chi connectivity index (χ1v) is 14.3. The Kier molecular flexibility index (Phi) is 17.2. The topological polar surface area (TPSA) is 79.5 Å². The van der Waals surface area contributed by atoms with Gasteiger partial charge >= 0.3 is 5.97 Å². The second kappa shape index (κ2) is 18.9. The number of para-hydroxylation sites is 1. The molecule has 1 aromatic rings. The van der Waals surface area contributed by atoms with Gasteiger partial charge in [-0.05, 0) is 30.8 Å². The molecule has 10 heteroatoms. The van der Waals surface area contributed by atoms with E-state index >= 15 is 0 Å². The highest BCUT2D eigenvalue weighted by Crippen LogP contribution is 2.29. The molecule has 0 saturated heterocycles. The van der Waals surface area contributed by atoms with Crippen molar-refractivity contribution < 1.29 is 14.3 Å². The van der Waals surface area contributed by atoms with Crippen molar-refractivity contribution in [1.82, 2.24) is 10.6 Å². The minimum Gasteiger partial charge on any atom is -0.465 e. The van der Waals surface area contributed by atoms with Gasteiger partial charge in [-0.3, -0.25) is 4.79 Å². The molecule has 0 bridgehead atoms. The van der Waals surface area contributed by atoms with E-state index in [1.807, 2.05) is 0 Å². The molecule has 0 saturated carbocycles. The minimum absolute atomic E-state index is 0.0772. The van der Waals surface area contributed by atoms with Crippen LogP contribution in [0.4, 0.5) is 5.69 Å². The first-order valence-electron chi connectivity index (χ1n) is 12.8. The number of unbranched alkanes of at least 4 members (excludes halogenated alkanes) is 11. The van der Waals surface area contributed by atoms with Crippen LogP contribution in [0, 0.1) is 0 Å². The number of halogens is 3. The number of methoxy groups -OCH3 is 1. The summed E-state index contributed by atoms with van der Waals surface area (Å²) in [7, 11) is 1.29. The Balaban J connectivity index is 2.35. The van der Waals surface area contributed by atoms with Crippen LogP contribution >= 0.6 is 47.0 Å². The predicted octanol–water partition coefficient (Wildman–Crippen LogP) is 7.66. The van der Waals surface area contributed by atoms with E-state index in [0.29, 0.717) is 17.7 Å². The Bertz CT molecular complexity index is 806. The smallest absolute Gasteiger partial charge is 0.339 e. The van der Waals surface area contributed by atoms with E-state index in [2.05, 4.69) is 22.9 Å². The first kappa shape index (κ1) is 32.7. The number of alkyl halides is 3. The summed E-state index contributed by atoms with van der Waals surface area (Å²) < 4.78 is 2.93. The lowest BCUT2D eigenvalue weighted by atomic mass is 10.0. The molecule has 1 atom stereocenters. The third-order valence-electron chi connectivity index (χ3n) is 5.75. The molecule has 0 fully saturated rings. The van der Waals surface area contributed by atoms with Gasteiger partial charge in [-0.1, -0.05) is 124 Å². The first-order chi connectivity index (χ1) is 17.2. The number of amides is 1. The molecular formula is C26H40Cl3N3O3S. The van der Waals surface area contributed by atoms with Gasteiger partial charge in [0.2, 0.25) is 9.70 Å². The number of hydrogen-bond acceptors (Lipinski definition) is 4. The molecule has 0 aliphatic rings. The van der Waals surface area contributed by atoms with Gasteiger partial charge in [0, 0.05) is 6.42 Å². The molecule has 0 spiro atoms. The largest absolute Gasteiger partial charge is 0.465 e. The van der Waals surface area contributed by atoms with Crippen LogP contribution in [0.25, 0.3) is 0 Å². The number of carbonyl (C=O) groups excluding carboxylic acids is 2. The summed E-state index contributed by atoms with van der Waals surface area (Å²) in [6, 6.07) is 6.70. The van der Waals surface area contributed by atoms with Crippen molar-refractivity contribution in [1.29, 1.82) is 0 Å². The number of ether oxygens (including phenoxy) is 1. The van der Waals surface area contributed by atoms with E-state index in [1.54, 1.807) is 24.3 Å². The van der Waals surface area contributed by atoms with Gasteiger partial charge in [0.1, 0.15) is 6.17 Å². The van der Waals surface area contributed by atoms with Crippen LogP contribution < -0.4 is 16.0 Å². The van der Waals surface area contributed by atoms with Crippen molar-refractivity contribution in [2.75, 3.05) is 12.4 Å². The number of anilines is 1. The zero-order valence-corrected chi connectivity index (χ0v) is 24.4. The van der Waals surface area contributed by atoms with Crippen molar-refractivity contribution >= 4 is 69.7 Å². The predicted molar refractivity (Wildman–Crippen MR) is 155 cm³/mol. The summed E-state index contributed by atoms with van der Waals surface area (Å²) in [5.74, 6) is -0.752. The van der Waals surface area contributed by atoms with Gasteiger partial charge in [-0.25, -0.2) is 4.79 Å². The Morgan fingerprint density at radius 2 is 1.42 bits per heavy atom. The number of thiocarbonyl (C=S) groups is 1. The summed E-state index contributed by atoms with van der Waals surface area (Å²) in [5, 5.41) is 8.47. The van der Waals surface area contributed by atoms with Crippen LogP contribution in [0.2, 0.25) is 0 Å². The van der Waals surface area contributed by atoms with Crippen molar-refractivity contribution in [3.8, 4) is 0 Å². The zero-order valence-electron chi connectivity index (χ0n) is 21.3. The number of carbonyl (C=O) groups is 2. The molecule has 0 aromatic heterocycles. The van der Waals surface area contributed by atoms with Gasteiger partial charge in [0.15, 0.2) is 5.11 Å². The molecule has 0 unspecified atom stereocenters. The molecule has 0 radical (unpaired) electrons. The fourth-order valence-corrected chi connectivity index (χ4v) is 4.28. The van der Waals surface area contributed by atoms with Crippen LogP contribution in [0.3, 0.4) is 0 Å². The lowest BCUT2D eigenvalue weighted by Crippen LogP contribution is -2.56. The van der Waals surface area contributed by atoms with Gasteiger partial charge in [0.25, 0.3) is 0 Å². The molecule has 1 rings (SSSR count). The monoisotopic (exact) mass is 579 g/mol. The van der Waals surface area contributed by atoms with E-state index in [0.717, 1.165) is 19.3 Å². The number of rotatable bonds is 17. The van der Waals surface area contributed by atoms with E-state index in [4.69, 9.17) is 51.8 Å². The summed E-state index contributed by atoms with van der Waals surface area (Å²) in [6.45, 7) is 2.24. The van der Waals surface area contributed by atoms with E-state index < -0.39 is 15.9 Å². The maximum absolute atomic E-state index is 12.5. The van der Waals surface area contributed by atoms with Gasteiger partial charge < -0.3 is 20.7 Å². The lowest BCUT2D eigenvalue weighted by Gasteiger charge is -2.28. The molecule has 0 heterocycles. The van der Waals surface area contributed by atoms with Crippen molar-refractivity contribution in [3.05, 3.63) is 29.8 Å². The van der Waals surface area contributed by atoms with Crippen molar-refractivity contribution in [3.63, 3.8) is 0 Å². The Labute approximate surface area is 236 Å². The second-order valence-corrected chi connectivity index (χ2v) is 11.6. The highest BCUT2D eigenvalue weighted by molar-refractivity contribution is 7.80. The summed E-state index contributed by atoms with van der Waals surface area (Å²) in [5.41, 5.74) is 0.721. The van der Waals surface area contributed by atoms with Crippen LogP contribution in [-0.4, -0.2) is 34.1 Å². The third-order valence-corrected chi connectivity index (χ3v) is 6.62. The Morgan fingerprint density at radius 3 is 1.94 bits per heavy atom. The summed E-state index contributed by atoms with van der Waals surface area (Å²) in [6.07, 6.45) is 13.9. The van der Waals surface area contributed by atoms with Crippen LogP contribution in [0.1, 0.15) is 101 Å². The summed E-state index contributed by atoms with van der Waals surface area (Å²) in [4.78, 5) is 24.4. The average molecular weight is 581 g/mol. The molecule has 1 aromatic carbocycles. The fraction of sp³-hybridized carbons (Fsp3) is 0.654. The van der Waals surface area contributed by atoms with Crippen molar-refractivity contribution in [2.24, 2.45) is 0 Å². The van der Waals surface area contributed by atoms with E-state index in [1.165, 1.54) is 64.9 Å². The highest BCUT2D eigenvalue weighted by atomic mass is 35.6. The highest BCUT2D eigenvalue weighted by Gasteiger charge is 2.34. The molecule has 0 aliphatic heterocycles. The minimum atomic E-state index is -1.85. The second-order valence-electron chi connectivity index (χ2n) is 8.82. The zero-order chi connectivity index (χ0) is 26.8. The summed E-state index contributed by atoms with van der Waals surface area (Å²) >= 11 is 23.5.